The molecule has 0 aliphatic rings. The third-order valence-corrected chi connectivity index (χ3v) is 3.70. The van der Waals surface area contributed by atoms with Gasteiger partial charge in [0.2, 0.25) is 5.91 Å². The van der Waals surface area contributed by atoms with E-state index >= 15 is 0 Å². The van der Waals surface area contributed by atoms with Gasteiger partial charge in [-0.1, -0.05) is 48.0 Å². The van der Waals surface area contributed by atoms with Gasteiger partial charge in [-0.25, -0.2) is 0 Å². The first-order valence-corrected chi connectivity index (χ1v) is 7.62. The highest BCUT2D eigenvalue weighted by molar-refractivity contribution is 5.78. The Morgan fingerprint density at radius 3 is 2.61 bits per heavy atom. The molecule has 1 N–H and O–H groups in total. The Kier molecular flexibility index (Phi) is 6.18. The zero-order valence-electron chi connectivity index (χ0n) is 13.8. The molecule has 0 aliphatic carbocycles. The molecular weight excluding hydrogens is 290 g/mol. The number of rotatable bonds is 7. The molecule has 4 heteroatoms. The minimum Gasteiger partial charge on any atom is -0.496 e. The molecule has 23 heavy (non-hydrogen) atoms. The predicted molar refractivity (Wildman–Crippen MR) is 90.6 cm³/mol. The molecule has 2 aromatic carbocycles. The largest absolute Gasteiger partial charge is 0.496 e. The lowest BCUT2D eigenvalue weighted by Gasteiger charge is -2.19. The molecular formula is C19H23NO3. The summed E-state index contributed by atoms with van der Waals surface area (Å²) in [4.78, 5) is 12.1. The van der Waals surface area contributed by atoms with Gasteiger partial charge in [-0.2, -0.15) is 0 Å². The van der Waals surface area contributed by atoms with Gasteiger partial charge < -0.3 is 14.8 Å². The summed E-state index contributed by atoms with van der Waals surface area (Å²) in [7, 11) is 3.26. The maximum Gasteiger partial charge on any atom is 0.224 e. The van der Waals surface area contributed by atoms with E-state index in [1.807, 2.05) is 55.5 Å². The molecule has 0 bridgehead atoms. The van der Waals surface area contributed by atoms with Crippen LogP contribution in [-0.2, 0) is 16.0 Å². The topological polar surface area (TPSA) is 47.6 Å². The third kappa shape index (κ3) is 4.83. The number of para-hydroxylation sites is 1. The van der Waals surface area contributed by atoms with Crippen molar-refractivity contribution < 1.29 is 14.3 Å². The summed E-state index contributed by atoms with van der Waals surface area (Å²) in [5.74, 6) is 0.736. The van der Waals surface area contributed by atoms with Crippen molar-refractivity contribution in [3.05, 3.63) is 65.2 Å². The van der Waals surface area contributed by atoms with Crippen LogP contribution in [0.1, 0.15) is 22.8 Å². The Balaban J connectivity index is 1.96. The molecule has 0 saturated carbocycles. The zero-order chi connectivity index (χ0) is 16.7. The molecule has 0 aromatic heterocycles. The number of benzene rings is 2. The number of aryl methyl sites for hydroxylation is 1. The second-order valence-corrected chi connectivity index (χ2v) is 5.44. The van der Waals surface area contributed by atoms with Crippen molar-refractivity contribution in [2.45, 2.75) is 19.4 Å². The van der Waals surface area contributed by atoms with Crippen LogP contribution in [0.4, 0.5) is 0 Å². The molecule has 1 amide bonds. The second-order valence-electron chi connectivity index (χ2n) is 5.44. The predicted octanol–water partition coefficient (Wildman–Crippen LogP) is 3.05. The van der Waals surface area contributed by atoms with E-state index in [9.17, 15) is 4.79 Å². The maximum absolute atomic E-state index is 12.1. The molecule has 0 aliphatic heterocycles. The second kappa shape index (κ2) is 8.34. The highest BCUT2D eigenvalue weighted by Crippen LogP contribution is 2.26. The molecule has 0 heterocycles. The molecule has 122 valence electrons. The minimum atomic E-state index is -0.243. The molecule has 0 saturated heterocycles. The van der Waals surface area contributed by atoms with E-state index < -0.39 is 0 Å². The first-order valence-electron chi connectivity index (χ1n) is 7.62. The Hall–Kier alpha value is -2.33. The van der Waals surface area contributed by atoms with Crippen LogP contribution in [0.3, 0.4) is 0 Å². The number of hydrogen-bond acceptors (Lipinski definition) is 3. The van der Waals surface area contributed by atoms with Gasteiger partial charge in [-0.3, -0.25) is 4.79 Å². The smallest absolute Gasteiger partial charge is 0.224 e. The van der Waals surface area contributed by atoms with Crippen LogP contribution >= 0.6 is 0 Å². The number of ether oxygens (including phenoxy) is 2. The first kappa shape index (κ1) is 17.0. The van der Waals surface area contributed by atoms with Crippen LogP contribution in [0.25, 0.3) is 0 Å². The van der Waals surface area contributed by atoms with E-state index in [2.05, 4.69) is 5.32 Å². The third-order valence-electron chi connectivity index (χ3n) is 3.70. The molecule has 4 nitrogen and oxygen atoms in total. The fourth-order valence-electron chi connectivity index (χ4n) is 2.53. The van der Waals surface area contributed by atoms with E-state index in [0.717, 1.165) is 22.4 Å². The van der Waals surface area contributed by atoms with Gasteiger partial charge in [0.25, 0.3) is 0 Å². The SMILES string of the molecule is COc1ccccc1C(CNC(=O)Cc1cccc(C)c1)OC. The van der Waals surface area contributed by atoms with Crippen LogP contribution in [0.2, 0.25) is 0 Å². The number of carbonyl (C=O) groups excluding carboxylic acids is 1. The Morgan fingerprint density at radius 2 is 1.91 bits per heavy atom. The highest BCUT2D eigenvalue weighted by atomic mass is 16.5. The molecule has 0 radical (unpaired) electrons. The van der Waals surface area contributed by atoms with Crippen LogP contribution in [0, 0.1) is 6.92 Å². The molecule has 2 aromatic rings. The summed E-state index contributed by atoms with van der Waals surface area (Å²) in [6, 6.07) is 15.6. The molecule has 2 rings (SSSR count). The fraction of sp³-hybridized carbons (Fsp3) is 0.316. The van der Waals surface area contributed by atoms with Gasteiger partial charge >= 0.3 is 0 Å². The quantitative estimate of drug-likeness (QED) is 0.854. The lowest BCUT2D eigenvalue weighted by atomic mass is 10.1. The van der Waals surface area contributed by atoms with Crippen molar-refractivity contribution in [3.8, 4) is 5.75 Å². The summed E-state index contributed by atoms with van der Waals surface area (Å²) in [5.41, 5.74) is 3.08. The number of hydrogen-bond donors (Lipinski definition) is 1. The number of carbonyl (C=O) groups is 1. The molecule has 0 spiro atoms. The summed E-state index contributed by atoms with van der Waals surface area (Å²) in [5, 5.41) is 2.93. The van der Waals surface area contributed by atoms with Crippen molar-refractivity contribution in [2.75, 3.05) is 20.8 Å². The van der Waals surface area contributed by atoms with Gasteiger partial charge in [-0.05, 0) is 18.6 Å². The molecule has 1 atom stereocenters. The van der Waals surface area contributed by atoms with Crippen LogP contribution in [-0.4, -0.2) is 26.7 Å². The van der Waals surface area contributed by atoms with E-state index in [1.54, 1.807) is 14.2 Å². The standard InChI is InChI=1S/C19H23NO3/c1-14-7-6-8-15(11-14)12-19(21)20-13-18(23-3)16-9-4-5-10-17(16)22-2/h4-11,18H,12-13H2,1-3H3,(H,20,21). The van der Waals surface area contributed by atoms with E-state index in [0.29, 0.717) is 13.0 Å². The van der Waals surface area contributed by atoms with Crippen molar-refractivity contribution in [2.24, 2.45) is 0 Å². The monoisotopic (exact) mass is 313 g/mol. The Bertz CT molecular complexity index is 655. The normalized spacial score (nSPS) is 11.8. The van der Waals surface area contributed by atoms with Crippen LogP contribution < -0.4 is 10.1 Å². The van der Waals surface area contributed by atoms with Crippen molar-refractivity contribution in [1.29, 1.82) is 0 Å². The van der Waals surface area contributed by atoms with Crippen LogP contribution in [0.5, 0.6) is 5.75 Å². The highest BCUT2D eigenvalue weighted by Gasteiger charge is 2.16. The lowest BCUT2D eigenvalue weighted by molar-refractivity contribution is -0.121. The molecule has 1 unspecified atom stereocenters. The maximum atomic E-state index is 12.1. The summed E-state index contributed by atoms with van der Waals surface area (Å²) in [6.45, 7) is 2.42. The Labute approximate surface area is 137 Å². The fourth-order valence-corrected chi connectivity index (χ4v) is 2.53. The minimum absolute atomic E-state index is 0.0208. The van der Waals surface area contributed by atoms with E-state index in [1.165, 1.54) is 0 Å². The van der Waals surface area contributed by atoms with Crippen LogP contribution in [0.15, 0.2) is 48.5 Å². The van der Waals surface area contributed by atoms with Gasteiger partial charge in [0.05, 0.1) is 13.5 Å². The number of methoxy groups -OCH3 is 2. The van der Waals surface area contributed by atoms with Crippen molar-refractivity contribution in [3.63, 3.8) is 0 Å². The number of nitrogens with one attached hydrogen (secondary N) is 1. The van der Waals surface area contributed by atoms with Gasteiger partial charge in [-0.15, -0.1) is 0 Å². The average molecular weight is 313 g/mol. The molecule has 0 fully saturated rings. The van der Waals surface area contributed by atoms with E-state index in [-0.39, 0.29) is 12.0 Å². The first-order chi connectivity index (χ1) is 11.1. The van der Waals surface area contributed by atoms with Gasteiger partial charge in [0.15, 0.2) is 0 Å². The van der Waals surface area contributed by atoms with Crippen molar-refractivity contribution >= 4 is 5.91 Å². The average Bonchev–Trinajstić information content (AvgIpc) is 2.56. The number of amides is 1. The van der Waals surface area contributed by atoms with E-state index in [4.69, 9.17) is 9.47 Å². The van der Waals surface area contributed by atoms with Gasteiger partial charge in [0, 0.05) is 19.2 Å². The van der Waals surface area contributed by atoms with Crippen molar-refractivity contribution in [1.82, 2.24) is 5.32 Å². The van der Waals surface area contributed by atoms with Gasteiger partial charge in [0.1, 0.15) is 11.9 Å². The summed E-state index contributed by atoms with van der Waals surface area (Å²) < 4.78 is 10.9. The zero-order valence-corrected chi connectivity index (χ0v) is 13.8. The Morgan fingerprint density at radius 1 is 1.13 bits per heavy atom. The summed E-state index contributed by atoms with van der Waals surface area (Å²) >= 11 is 0. The summed E-state index contributed by atoms with van der Waals surface area (Å²) in [6.07, 6.45) is 0.122. The lowest BCUT2D eigenvalue weighted by Crippen LogP contribution is -2.30.